The Balaban J connectivity index is 2.61. The summed E-state index contributed by atoms with van der Waals surface area (Å²) in [4.78, 5) is 6.55. The van der Waals surface area contributed by atoms with Crippen LogP contribution in [0.5, 0.6) is 0 Å². The molecule has 13 heavy (non-hydrogen) atoms. The third-order valence-corrected chi connectivity index (χ3v) is 1.91. The Labute approximate surface area is 77.5 Å². The second-order valence-electron chi connectivity index (χ2n) is 2.60. The van der Waals surface area contributed by atoms with Crippen molar-refractivity contribution < 1.29 is 8.78 Å². The molecule has 68 valence electrons. The number of nitrogens with zero attached hydrogens (tertiary/aromatic N) is 1. The molecule has 0 atom stereocenters. The van der Waals surface area contributed by atoms with Crippen LogP contribution in [-0.2, 0) is 0 Å². The Bertz CT molecular complexity index is 439. The summed E-state index contributed by atoms with van der Waals surface area (Å²) in [7, 11) is 0. The standard InChI is InChI=1S/C8H5ClF2N2/c9-8-12-5-2-1-4(7(10)11)3-6(5)13-8/h1-3,7H,(H,12,13). The van der Waals surface area contributed by atoms with E-state index in [4.69, 9.17) is 11.6 Å². The van der Waals surface area contributed by atoms with Gasteiger partial charge in [-0.25, -0.2) is 13.8 Å². The number of fused-ring (bicyclic) bond motifs is 1. The summed E-state index contributed by atoms with van der Waals surface area (Å²) in [5.41, 5.74) is 1.09. The maximum atomic E-state index is 12.2. The summed E-state index contributed by atoms with van der Waals surface area (Å²) in [5.74, 6) is 0. The molecule has 0 spiro atoms. The van der Waals surface area contributed by atoms with E-state index in [0.29, 0.717) is 11.0 Å². The van der Waals surface area contributed by atoms with E-state index >= 15 is 0 Å². The molecule has 0 amide bonds. The molecule has 2 nitrogen and oxygen atoms in total. The van der Waals surface area contributed by atoms with Crippen LogP contribution < -0.4 is 0 Å². The Hall–Kier alpha value is -1.16. The molecule has 0 aliphatic rings. The number of aromatic nitrogens is 2. The first-order valence-electron chi connectivity index (χ1n) is 3.60. The van der Waals surface area contributed by atoms with Gasteiger partial charge in [-0.2, -0.15) is 0 Å². The number of rotatable bonds is 1. The molecule has 0 unspecified atom stereocenters. The normalized spacial score (nSPS) is 11.4. The van der Waals surface area contributed by atoms with Crippen molar-refractivity contribution in [2.45, 2.75) is 6.43 Å². The van der Waals surface area contributed by atoms with Crippen molar-refractivity contribution in [3.8, 4) is 0 Å². The van der Waals surface area contributed by atoms with E-state index in [1.165, 1.54) is 18.2 Å². The molecular formula is C8H5ClF2N2. The molecule has 0 fully saturated rings. The Morgan fingerprint density at radius 1 is 1.38 bits per heavy atom. The van der Waals surface area contributed by atoms with Crippen LogP contribution in [0.25, 0.3) is 11.0 Å². The smallest absolute Gasteiger partial charge is 0.263 e. The maximum absolute atomic E-state index is 12.2. The fourth-order valence-corrected chi connectivity index (χ4v) is 1.32. The highest BCUT2D eigenvalue weighted by molar-refractivity contribution is 6.29. The van der Waals surface area contributed by atoms with Gasteiger partial charge in [0.1, 0.15) is 0 Å². The second kappa shape index (κ2) is 2.96. The summed E-state index contributed by atoms with van der Waals surface area (Å²) < 4.78 is 24.5. The van der Waals surface area contributed by atoms with Crippen LogP contribution in [0.3, 0.4) is 0 Å². The lowest BCUT2D eigenvalue weighted by atomic mass is 10.2. The third-order valence-electron chi connectivity index (χ3n) is 1.73. The van der Waals surface area contributed by atoms with E-state index < -0.39 is 6.43 Å². The molecule has 1 heterocycles. The number of H-pyrrole nitrogens is 1. The van der Waals surface area contributed by atoms with Gasteiger partial charge in [0.05, 0.1) is 11.0 Å². The number of imidazole rings is 1. The first-order chi connectivity index (χ1) is 6.16. The van der Waals surface area contributed by atoms with Gasteiger partial charge in [0.2, 0.25) is 5.28 Å². The Morgan fingerprint density at radius 3 is 2.85 bits per heavy atom. The molecule has 0 bridgehead atoms. The molecule has 1 aromatic heterocycles. The summed E-state index contributed by atoms with van der Waals surface area (Å²) in [5, 5.41) is 0.210. The monoisotopic (exact) mass is 202 g/mol. The molecule has 5 heteroatoms. The highest BCUT2D eigenvalue weighted by Gasteiger charge is 2.08. The van der Waals surface area contributed by atoms with Gasteiger partial charge >= 0.3 is 0 Å². The van der Waals surface area contributed by atoms with E-state index in [2.05, 4.69) is 9.97 Å². The van der Waals surface area contributed by atoms with Crippen LogP contribution in [0.2, 0.25) is 5.28 Å². The summed E-state index contributed by atoms with van der Waals surface area (Å²) in [6.07, 6.45) is -2.47. The topological polar surface area (TPSA) is 28.7 Å². The average Bonchev–Trinajstić information content (AvgIpc) is 2.42. The molecule has 1 N–H and O–H groups in total. The number of aromatic amines is 1. The molecule has 0 aliphatic carbocycles. The highest BCUT2D eigenvalue weighted by atomic mass is 35.5. The number of benzene rings is 1. The lowest BCUT2D eigenvalue weighted by Crippen LogP contribution is -1.82. The zero-order valence-corrected chi connectivity index (χ0v) is 7.15. The quantitative estimate of drug-likeness (QED) is 0.756. The number of hydrogen-bond donors (Lipinski definition) is 1. The van der Waals surface area contributed by atoms with Crippen LogP contribution >= 0.6 is 11.6 Å². The number of alkyl halides is 2. The van der Waals surface area contributed by atoms with Crippen molar-refractivity contribution in [2.75, 3.05) is 0 Å². The predicted molar refractivity (Wildman–Crippen MR) is 46.1 cm³/mol. The Kier molecular flexibility index (Phi) is 1.92. The van der Waals surface area contributed by atoms with Crippen LogP contribution in [-0.4, -0.2) is 9.97 Å². The Morgan fingerprint density at radius 2 is 2.15 bits per heavy atom. The van der Waals surface area contributed by atoms with Crippen LogP contribution in [0.4, 0.5) is 8.78 Å². The number of hydrogen-bond acceptors (Lipinski definition) is 1. The zero-order valence-electron chi connectivity index (χ0n) is 6.39. The molecule has 0 saturated heterocycles. The molecule has 0 saturated carbocycles. The van der Waals surface area contributed by atoms with E-state index in [1.807, 2.05) is 0 Å². The molecule has 0 aliphatic heterocycles. The fraction of sp³-hybridized carbons (Fsp3) is 0.125. The van der Waals surface area contributed by atoms with Crippen LogP contribution in [0, 0.1) is 0 Å². The SMILES string of the molecule is FC(F)c1ccc2nc(Cl)[nH]c2c1. The molecule has 0 radical (unpaired) electrons. The van der Waals surface area contributed by atoms with Gasteiger partial charge in [0, 0.05) is 5.56 Å². The highest BCUT2D eigenvalue weighted by Crippen LogP contribution is 2.23. The first kappa shape index (κ1) is 8.44. The van der Waals surface area contributed by atoms with Crippen molar-refractivity contribution >= 4 is 22.6 Å². The van der Waals surface area contributed by atoms with Crippen LogP contribution in [0.15, 0.2) is 18.2 Å². The van der Waals surface area contributed by atoms with Gasteiger partial charge in [-0.1, -0.05) is 6.07 Å². The summed E-state index contributed by atoms with van der Waals surface area (Å²) in [6, 6.07) is 4.20. The van der Waals surface area contributed by atoms with Crippen molar-refractivity contribution in [3.63, 3.8) is 0 Å². The lowest BCUT2D eigenvalue weighted by molar-refractivity contribution is 0.151. The van der Waals surface area contributed by atoms with E-state index in [9.17, 15) is 8.78 Å². The minimum Gasteiger partial charge on any atom is -0.329 e. The molecular weight excluding hydrogens is 198 g/mol. The van der Waals surface area contributed by atoms with Gasteiger partial charge in [0.25, 0.3) is 6.43 Å². The first-order valence-corrected chi connectivity index (χ1v) is 3.98. The van der Waals surface area contributed by atoms with E-state index in [-0.39, 0.29) is 10.8 Å². The second-order valence-corrected chi connectivity index (χ2v) is 2.96. The molecule has 1 aromatic carbocycles. The van der Waals surface area contributed by atoms with Crippen molar-refractivity contribution in [3.05, 3.63) is 29.0 Å². The van der Waals surface area contributed by atoms with Gasteiger partial charge in [-0.05, 0) is 23.7 Å². The fourth-order valence-electron chi connectivity index (χ4n) is 1.13. The van der Waals surface area contributed by atoms with Gasteiger partial charge in [-0.3, -0.25) is 0 Å². The zero-order chi connectivity index (χ0) is 9.42. The van der Waals surface area contributed by atoms with Crippen molar-refractivity contribution in [1.29, 1.82) is 0 Å². The van der Waals surface area contributed by atoms with Crippen LogP contribution in [0.1, 0.15) is 12.0 Å². The lowest BCUT2D eigenvalue weighted by Gasteiger charge is -1.97. The number of nitrogens with one attached hydrogen (secondary N) is 1. The molecule has 2 rings (SSSR count). The summed E-state index contributed by atoms with van der Waals surface area (Å²) in [6.45, 7) is 0. The minimum atomic E-state index is -2.47. The van der Waals surface area contributed by atoms with Crippen molar-refractivity contribution in [1.82, 2.24) is 9.97 Å². The predicted octanol–water partition coefficient (Wildman–Crippen LogP) is 3.15. The van der Waals surface area contributed by atoms with Gasteiger partial charge < -0.3 is 4.98 Å². The van der Waals surface area contributed by atoms with E-state index in [1.54, 1.807) is 0 Å². The minimum absolute atomic E-state index is 0.0344. The van der Waals surface area contributed by atoms with E-state index in [0.717, 1.165) is 0 Å². The van der Waals surface area contributed by atoms with Gasteiger partial charge in [0.15, 0.2) is 0 Å². The molecule has 2 aromatic rings. The third kappa shape index (κ3) is 1.49. The number of halogens is 3. The van der Waals surface area contributed by atoms with Gasteiger partial charge in [-0.15, -0.1) is 0 Å². The average molecular weight is 203 g/mol. The van der Waals surface area contributed by atoms with Crippen molar-refractivity contribution in [2.24, 2.45) is 0 Å². The maximum Gasteiger partial charge on any atom is 0.263 e. The largest absolute Gasteiger partial charge is 0.329 e. The summed E-state index contributed by atoms with van der Waals surface area (Å²) >= 11 is 5.56.